The molecule has 5 heteroatoms. The molecule has 2 aromatic rings. The molecule has 2 heterocycles. The molecule has 0 aliphatic carbocycles. The molecule has 13 heavy (non-hydrogen) atoms. The van der Waals surface area contributed by atoms with Crippen molar-refractivity contribution in [2.45, 2.75) is 6.61 Å². The van der Waals surface area contributed by atoms with Gasteiger partial charge in [0.05, 0.1) is 6.61 Å². The molecule has 0 bridgehead atoms. The number of anilines is 1. The molecule has 0 atom stereocenters. The molecule has 2 aromatic heterocycles. The van der Waals surface area contributed by atoms with Crippen LogP contribution in [0.4, 0.5) is 5.82 Å². The molecule has 68 valence electrons. The Bertz CT molecular complexity index is 423. The second-order valence-corrected chi connectivity index (χ2v) is 2.76. The van der Waals surface area contributed by atoms with E-state index >= 15 is 0 Å². The summed E-state index contributed by atoms with van der Waals surface area (Å²) in [5, 5.41) is 4.01. The van der Waals surface area contributed by atoms with Crippen molar-refractivity contribution in [1.82, 2.24) is 14.6 Å². The van der Waals surface area contributed by atoms with Crippen molar-refractivity contribution >= 4 is 11.3 Å². The third-order valence-corrected chi connectivity index (χ3v) is 1.80. The monoisotopic (exact) mass is 178 g/mol. The van der Waals surface area contributed by atoms with Gasteiger partial charge in [-0.15, -0.1) is 0 Å². The van der Waals surface area contributed by atoms with Crippen molar-refractivity contribution in [1.29, 1.82) is 0 Å². The summed E-state index contributed by atoms with van der Waals surface area (Å²) in [7, 11) is 1.65. The van der Waals surface area contributed by atoms with Crippen LogP contribution in [-0.4, -0.2) is 21.7 Å². The number of nitrogens with two attached hydrogens (primary N) is 1. The molecule has 0 radical (unpaired) electrons. The van der Waals surface area contributed by atoms with Crippen LogP contribution in [0.15, 0.2) is 18.6 Å². The van der Waals surface area contributed by atoms with Gasteiger partial charge in [0.15, 0.2) is 5.82 Å². The third kappa shape index (κ3) is 1.33. The third-order valence-electron chi connectivity index (χ3n) is 1.80. The van der Waals surface area contributed by atoms with Gasteiger partial charge in [0, 0.05) is 13.3 Å². The molecule has 5 nitrogen and oxygen atoms in total. The number of hydrogen-bond donors (Lipinski definition) is 1. The lowest BCUT2D eigenvalue weighted by atomic mass is 10.3. The van der Waals surface area contributed by atoms with Gasteiger partial charge < -0.3 is 10.5 Å². The fraction of sp³-hybridized carbons (Fsp3) is 0.250. The van der Waals surface area contributed by atoms with Gasteiger partial charge in [-0.05, 0) is 11.6 Å². The smallest absolute Gasteiger partial charge is 0.151 e. The van der Waals surface area contributed by atoms with E-state index < -0.39 is 0 Å². The summed E-state index contributed by atoms with van der Waals surface area (Å²) in [6.07, 6.45) is 3.30. The van der Waals surface area contributed by atoms with Crippen LogP contribution in [0, 0.1) is 0 Å². The Kier molecular flexibility index (Phi) is 1.86. The molecule has 2 rings (SSSR count). The number of fused-ring (bicyclic) bond motifs is 1. The van der Waals surface area contributed by atoms with Crippen molar-refractivity contribution in [3.8, 4) is 0 Å². The second kappa shape index (κ2) is 3.02. The zero-order chi connectivity index (χ0) is 9.26. The Morgan fingerprint density at radius 3 is 3.15 bits per heavy atom. The van der Waals surface area contributed by atoms with E-state index in [1.54, 1.807) is 11.6 Å². The van der Waals surface area contributed by atoms with Gasteiger partial charge in [0.25, 0.3) is 0 Å². The number of methoxy groups -OCH3 is 1. The number of ether oxygens (including phenoxy) is 1. The van der Waals surface area contributed by atoms with Crippen LogP contribution in [0.1, 0.15) is 5.56 Å². The van der Waals surface area contributed by atoms with Crippen LogP contribution in [0.5, 0.6) is 0 Å². The zero-order valence-electron chi connectivity index (χ0n) is 7.27. The van der Waals surface area contributed by atoms with Crippen LogP contribution in [-0.2, 0) is 11.3 Å². The molecule has 0 saturated carbocycles. The van der Waals surface area contributed by atoms with Crippen LogP contribution in [0.2, 0.25) is 0 Å². The van der Waals surface area contributed by atoms with Gasteiger partial charge in [-0.25, -0.2) is 9.50 Å². The summed E-state index contributed by atoms with van der Waals surface area (Å²) in [4.78, 5) is 3.89. The largest absolute Gasteiger partial charge is 0.382 e. The summed E-state index contributed by atoms with van der Waals surface area (Å²) in [6.45, 7) is 0.558. The number of hydrogen-bond acceptors (Lipinski definition) is 4. The minimum Gasteiger partial charge on any atom is -0.382 e. The summed E-state index contributed by atoms with van der Waals surface area (Å²) >= 11 is 0. The van der Waals surface area contributed by atoms with E-state index in [-0.39, 0.29) is 0 Å². The highest BCUT2D eigenvalue weighted by atomic mass is 16.5. The van der Waals surface area contributed by atoms with E-state index in [4.69, 9.17) is 10.5 Å². The number of aromatic nitrogens is 3. The van der Waals surface area contributed by atoms with Gasteiger partial charge in [-0.2, -0.15) is 5.10 Å². The summed E-state index contributed by atoms with van der Waals surface area (Å²) in [6, 6.07) is 1.92. The first-order valence-electron chi connectivity index (χ1n) is 3.88. The van der Waals surface area contributed by atoms with Gasteiger partial charge in [0.2, 0.25) is 0 Å². The molecule has 0 saturated heterocycles. The van der Waals surface area contributed by atoms with Crippen molar-refractivity contribution in [2.24, 2.45) is 0 Å². The molecule has 0 aliphatic heterocycles. The van der Waals surface area contributed by atoms with E-state index in [1.165, 1.54) is 6.33 Å². The molecule has 0 spiro atoms. The molecular formula is C8H10N4O. The Labute approximate surface area is 75.1 Å². The van der Waals surface area contributed by atoms with Crippen LogP contribution < -0.4 is 5.73 Å². The summed E-state index contributed by atoms with van der Waals surface area (Å²) in [5.74, 6) is 0.484. The first kappa shape index (κ1) is 8.00. The average molecular weight is 178 g/mol. The van der Waals surface area contributed by atoms with E-state index in [0.29, 0.717) is 12.4 Å². The van der Waals surface area contributed by atoms with Crippen LogP contribution in [0.3, 0.4) is 0 Å². The average Bonchev–Trinajstić information content (AvgIpc) is 2.49. The van der Waals surface area contributed by atoms with E-state index in [0.717, 1.165) is 11.1 Å². The fourth-order valence-electron chi connectivity index (χ4n) is 1.25. The minimum atomic E-state index is 0.484. The second-order valence-electron chi connectivity index (χ2n) is 2.76. The summed E-state index contributed by atoms with van der Waals surface area (Å²) in [5.41, 5.74) is 7.50. The van der Waals surface area contributed by atoms with E-state index in [2.05, 4.69) is 10.1 Å². The SMILES string of the molecule is COCc1cc2c(N)ncnn2c1. The van der Waals surface area contributed by atoms with Gasteiger partial charge in [-0.3, -0.25) is 0 Å². The normalized spacial score (nSPS) is 10.8. The fourth-order valence-corrected chi connectivity index (χ4v) is 1.25. The predicted molar refractivity (Wildman–Crippen MR) is 48.1 cm³/mol. The molecule has 2 N–H and O–H groups in total. The van der Waals surface area contributed by atoms with Crippen molar-refractivity contribution in [3.63, 3.8) is 0 Å². The standard InChI is InChI=1S/C8H10N4O/c1-13-4-6-2-7-8(9)10-5-11-12(7)3-6/h2-3,5H,4H2,1H3,(H2,9,10,11). The summed E-state index contributed by atoms with van der Waals surface area (Å²) < 4.78 is 6.69. The highest BCUT2D eigenvalue weighted by Gasteiger charge is 2.02. The number of rotatable bonds is 2. The molecule has 0 fully saturated rings. The highest BCUT2D eigenvalue weighted by Crippen LogP contribution is 2.13. The molecule has 0 unspecified atom stereocenters. The number of nitrogen functional groups attached to an aromatic ring is 1. The van der Waals surface area contributed by atoms with E-state index in [1.807, 2.05) is 12.3 Å². The molecule has 0 aliphatic rings. The Morgan fingerprint density at radius 1 is 1.62 bits per heavy atom. The van der Waals surface area contributed by atoms with Gasteiger partial charge >= 0.3 is 0 Å². The van der Waals surface area contributed by atoms with Crippen molar-refractivity contribution in [2.75, 3.05) is 12.8 Å². The van der Waals surface area contributed by atoms with Crippen LogP contribution in [0.25, 0.3) is 5.52 Å². The predicted octanol–water partition coefficient (Wildman–Crippen LogP) is 0.458. The first-order chi connectivity index (χ1) is 6.31. The lowest BCUT2D eigenvalue weighted by Gasteiger charge is -1.93. The maximum atomic E-state index is 5.65. The quantitative estimate of drug-likeness (QED) is 0.725. The van der Waals surface area contributed by atoms with Gasteiger partial charge in [-0.1, -0.05) is 0 Å². The molecular weight excluding hydrogens is 168 g/mol. The van der Waals surface area contributed by atoms with Crippen molar-refractivity contribution in [3.05, 3.63) is 24.2 Å². The topological polar surface area (TPSA) is 65.4 Å². The molecule has 0 amide bonds. The Balaban J connectivity index is 2.55. The Hall–Kier alpha value is -1.62. The van der Waals surface area contributed by atoms with E-state index in [9.17, 15) is 0 Å². The Morgan fingerprint density at radius 2 is 2.46 bits per heavy atom. The minimum absolute atomic E-state index is 0.484. The van der Waals surface area contributed by atoms with Gasteiger partial charge in [0.1, 0.15) is 11.8 Å². The lowest BCUT2D eigenvalue weighted by Crippen LogP contribution is -1.96. The zero-order valence-corrected chi connectivity index (χ0v) is 7.27. The highest BCUT2D eigenvalue weighted by molar-refractivity contribution is 5.65. The van der Waals surface area contributed by atoms with Crippen molar-refractivity contribution < 1.29 is 4.74 Å². The lowest BCUT2D eigenvalue weighted by molar-refractivity contribution is 0.185. The maximum Gasteiger partial charge on any atom is 0.151 e. The number of nitrogens with zero attached hydrogens (tertiary/aromatic N) is 3. The maximum absolute atomic E-state index is 5.65. The van der Waals surface area contributed by atoms with Crippen LogP contribution >= 0.6 is 0 Å². The molecule has 0 aromatic carbocycles. The first-order valence-corrected chi connectivity index (χ1v) is 3.88.